The van der Waals surface area contributed by atoms with E-state index in [4.69, 9.17) is 5.26 Å². The molecule has 4 aromatic carbocycles. The maximum absolute atomic E-state index is 8.42. The van der Waals surface area contributed by atoms with Crippen LogP contribution in [0.3, 0.4) is 0 Å². The van der Waals surface area contributed by atoms with Gasteiger partial charge in [-0.2, -0.15) is 27.1 Å². The Bertz CT molecular complexity index is 1240. The first-order chi connectivity index (χ1) is 18.2. The number of aromatic nitrogens is 2. The predicted octanol–water partition coefficient (Wildman–Crippen LogP) is 4.15. The molecular formula is C33H34BN3. The molecule has 0 saturated carbocycles. The second-order valence-electron chi connectivity index (χ2n) is 9.35. The minimum atomic E-state index is -1.22. The number of H-pyrrole nitrogens is 1. The van der Waals surface area contributed by atoms with Crippen molar-refractivity contribution in [1.82, 2.24) is 4.57 Å². The van der Waals surface area contributed by atoms with E-state index in [0.717, 1.165) is 18.7 Å². The molecule has 5 rings (SSSR count). The Morgan fingerprint density at radius 1 is 0.676 bits per heavy atom. The fraction of sp³-hybridized carbons (Fsp3) is 0.152. The molecule has 1 N–H and O–H groups in total. The van der Waals surface area contributed by atoms with Gasteiger partial charge in [0.25, 0.3) is 5.82 Å². The first-order valence-corrected chi connectivity index (χ1v) is 13.0. The summed E-state index contributed by atoms with van der Waals surface area (Å²) in [5, 5.41) is 8.42. The van der Waals surface area contributed by atoms with Gasteiger partial charge in [-0.15, -0.1) is 0 Å². The number of aryl methyl sites for hydroxylation is 3. The highest BCUT2D eigenvalue weighted by molar-refractivity contribution is 7.19. The van der Waals surface area contributed by atoms with Crippen molar-refractivity contribution in [3.05, 3.63) is 139 Å². The molecule has 0 amide bonds. The molecule has 3 nitrogen and oxygen atoms in total. The van der Waals surface area contributed by atoms with Gasteiger partial charge in [0, 0.05) is 13.3 Å². The Morgan fingerprint density at radius 2 is 1.05 bits per heavy atom. The summed E-state index contributed by atoms with van der Waals surface area (Å²) in [6.07, 6.45) is 2.40. The zero-order valence-corrected chi connectivity index (χ0v) is 21.7. The fourth-order valence-electron chi connectivity index (χ4n) is 5.43. The highest BCUT2D eigenvalue weighted by atomic mass is 15.1. The van der Waals surface area contributed by atoms with E-state index in [2.05, 4.69) is 150 Å². The smallest absolute Gasteiger partial charge is 0.245 e. The van der Waals surface area contributed by atoms with Crippen LogP contribution in [0, 0.1) is 18.3 Å². The van der Waals surface area contributed by atoms with Crippen molar-refractivity contribution in [1.29, 1.82) is 5.26 Å². The molecule has 1 aromatic heterocycles. The first kappa shape index (κ1) is 25.7. The molecule has 4 heteroatoms. The SMILES string of the molecule is CCc1[nH+]c(C)cn1CCC#N.c1ccc([B-](c2ccccc2)(c2ccccc2)c2ccccc2)cc1. The number of nitrogens with zero attached hydrogens (tertiary/aromatic N) is 2. The standard InChI is InChI=1S/C24H20B.C9H13N3/c1-5-13-21(14-6-1)25(22-15-7-2-8-16-22,23-17-9-3-10-18-23)24-19-11-4-12-20-24;1-3-9-11-8(2)7-12(9)6-4-5-10/h1-20H;7H,3-4,6H2,1-2H3/q-1;/p+1. The molecule has 37 heavy (non-hydrogen) atoms. The van der Waals surface area contributed by atoms with Crippen LogP contribution in [-0.2, 0) is 13.0 Å². The third kappa shape index (κ3) is 5.73. The summed E-state index contributed by atoms with van der Waals surface area (Å²) in [5.74, 6) is 1.20. The van der Waals surface area contributed by atoms with E-state index in [1.807, 2.05) is 6.92 Å². The lowest BCUT2D eigenvalue weighted by molar-refractivity contribution is -0.398. The van der Waals surface area contributed by atoms with E-state index in [-0.39, 0.29) is 0 Å². The number of hydrogen-bond acceptors (Lipinski definition) is 1. The Kier molecular flexibility index (Phi) is 8.73. The molecule has 5 aromatic rings. The van der Waals surface area contributed by atoms with E-state index in [1.165, 1.54) is 27.7 Å². The molecule has 0 fully saturated rings. The van der Waals surface area contributed by atoms with Gasteiger partial charge in [-0.05, 0) is 0 Å². The Morgan fingerprint density at radius 3 is 1.38 bits per heavy atom. The number of aromatic amines is 1. The maximum Gasteiger partial charge on any atom is 0.254 e. The molecule has 0 aliphatic rings. The average molecular weight is 483 g/mol. The molecule has 184 valence electrons. The average Bonchev–Trinajstić information content (AvgIpc) is 3.34. The molecule has 1 heterocycles. The van der Waals surface area contributed by atoms with Crippen LogP contribution in [-0.4, -0.2) is 10.7 Å². The molecule has 0 aliphatic carbocycles. The van der Waals surface area contributed by atoms with Crippen LogP contribution in [0.4, 0.5) is 0 Å². The van der Waals surface area contributed by atoms with Crippen LogP contribution in [0.25, 0.3) is 0 Å². The summed E-state index contributed by atoms with van der Waals surface area (Å²) in [7, 11) is 0. The summed E-state index contributed by atoms with van der Waals surface area (Å²) < 4.78 is 2.11. The Labute approximate surface area is 221 Å². The molecule has 0 spiro atoms. The van der Waals surface area contributed by atoms with Gasteiger partial charge in [0.1, 0.15) is 24.6 Å². The van der Waals surface area contributed by atoms with Crippen molar-refractivity contribution >= 4 is 28.0 Å². The minimum absolute atomic E-state index is 0.578. The van der Waals surface area contributed by atoms with E-state index in [1.54, 1.807) is 0 Å². The van der Waals surface area contributed by atoms with Gasteiger partial charge < -0.3 is 0 Å². The van der Waals surface area contributed by atoms with Gasteiger partial charge in [0.05, 0.1) is 12.5 Å². The Hall–Kier alpha value is -4.36. The van der Waals surface area contributed by atoms with Crippen molar-refractivity contribution in [3.8, 4) is 6.07 Å². The van der Waals surface area contributed by atoms with Gasteiger partial charge in [-0.3, -0.25) is 0 Å². The highest BCUT2D eigenvalue weighted by Crippen LogP contribution is 2.09. The van der Waals surface area contributed by atoms with Crippen LogP contribution in [0.5, 0.6) is 0 Å². The van der Waals surface area contributed by atoms with Crippen LogP contribution < -0.4 is 26.8 Å². The summed E-state index contributed by atoms with van der Waals surface area (Å²) in [6, 6.07) is 45.7. The van der Waals surface area contributed by atoms with Crippen molar-refractivity contribution in [2.45, 2.75) is 33.2 Å². The Balaban J connectivity index is 0.000000225. The zero-order valence-electron chi connectivity index (χ0n) is 21.7. The number of hydrogen-bond donors (Lipinski definition) is 0. The van der Waals surface area contributed by atoms with Crippen LogP contribution in [0.15, 0.2) is 128 Å². The predicted molar refractivity (Wildman–Crippen MR) is 155 cm³/mol. The molecule has 0 unspecified atom stereocenters. The third-order valence-corrected chi connectivity index (χ3v) is 7.04. The first-order valence-electron chi connectivity index (χ1n) is 13.0. The van der Waals surface area contributed by atoms with Crippen molar-refractivity contribution < 1.29 is 4.98 Å². The number of imidazole rings is 1. The van der Waals surface area contributed by atoms with E-state index in [9.17, 15) is 0 Å². The quantitative estimate of drug-likeness (QED) is 0.321. The molecule has 0 radical (unpaired) electrons. The second-order valence-corrected chi connectivity index (χ2v) is 9.35. The zero-order chi connectivity index (χ0) is 25.9. The van der Waals surface area contributed by atoms with E-state index < -0.39 is 6.15 Å². The summed E-state index contributed by atoms with van der Waals surface area (Å²) >= 11 is 0. The fourth-order valence-corrected chi connectivity index (χ4v) is 5.43. The summed E-state index contributed by atoms with van der Waals surface area (Å²) in [5.41, 5.74) is 6.51. The number of nitrogens with one attached hydrogen (secondary N) is 1. The van der Waals surface area contributed by atoms with Gasteiger partial charge in [-0.1, -0.05) is 128 Å². The molecule has 0 aliphatic heterocycles. The monoisotopic (exact) mass is 483 g/mol. The van der Waals surface area contributed by atoms with Gasteiger partial charge in [-0.25, -0.2) is 9.55 Å². The van der Waals surface area contributed by atoms with Gasteiger partial charge >= 0.3 is 0 Å². The van der Waals surface area contributed by atoms with Crippen molar-refractivity contribution in [2.24, 2.45) is 0 Å². The number of rotatable bonds is 7. The lowest BCUT2D eigenvalue weighted by Gasteiger charge is -2.44. The normalized spacial score (nSPS) is 10.7. The van der Waals surface area contributed by atoms with E-state index >= 15 is 0 Å². The van der Waals surface area contributed by atoms with Crippen LogP contribution >= 0.6 is 0 Å². The van der Waals surface area contributed by atoms with Crippen molar-refractivity contribution in [3.63, 3.8) is 0 Å². The highest BCUT2D eigenvalue weighted by Gasteiger charge is 2.31. The topological polar surface area (TPSA) is 42.9 Å². The molecule has 0 saturated heterocycles. The van der Waals surface area contributed by atoms with Crippen LogP contribution in [0.2, 0.25) is 0 Å². The van der Waals surface area contributed by atoms with Gasteiger partial charge in [0.2, 0.25) is 0 Å². The summed E-state index contributed by atoms with van der Waals surface area (Å²) in [6.45, 7) is 4.93. The second kappa shape index (κ2) is 12.6. The summed E-state index contributed by atoms with van der Waals surface area (Å²) in [4.78, 5) is 3.26. The maximum atomic E-state index is 8.42. The lowest BCUT2D eigenvalue weighted by atomic mass is 9.13. The largest absolute Gasteiger partial charge is 0.254 e. The van der Waals surface area contributed by atoms with Gasteiger partial charge in [0.15, 0.2) is 0 Å². The van der Waals surface area contributed by atoms with E-state index in [0.29, 0.717) is 6.42 Å². The molecular weight excluding hydrogens is 449 g/mol. The molecule has 0 atom stereocenters. The number of nitriles is 1. The minimum Gasteiger partial charge on any atom is -0.245 e. The third-order valence-electron chi connectivity index (χ3n) is 7.04. The van der Waals surface area contributed by atoms with Crippen molar-refractivity contribution in [2.75, 3.05) is 0 Å². The molecule has 0 bridgehead atoms. The van der Waals surface area contributed by atoms with Crippen LogP contribution in [0.1, 0.15) is 24.9 Å². The lowest BCUT2D eigenvalue weighted by Crippen LogP contribution is -2.74. The number of benzene rings is 4.